The van der Waals surface area contributed by atoms with Crippen LogP contribution in [0.4, 0.5) is 0 Å². The summed E-state index contributed by atoms with van der Waals surface area (Å²) in [4.78, 5) is 6.97. The Morgan fingerprint density at radius 2 is 2.28 bits per heavy atom. The highest BCUT2D eigenvalue weighted by Crippen LogP contribution is 2.31. The second-order valence-electron chi connectivity index (χ2n) is 7.72. The number of piperidine rings is 1. The lowest BCUT2D eigenvalue weighted by molar-refractivity contribution is -0.0192. The summed E-state index contributed by atoms with van der Waals surface area (Å²) >= 11 is 0. The van der Waals surface area contributed by atoms with Crippen molar-refractivity contribution in [3.8, 4) is 0 Å². The van der Waals surface area contributed by atoms with Gasteiger partial charge in [0.15, 0.2) is 0 Å². The number of hydrogen-bond donors (Lipinski definition) is 1. The van der Waals surface area contributed by atoms with Crippen molar-refractivity contribution in [2.75, 3.05) is 19.7 Å². The van der Waals surface area contributed by atoms with Gasteiger partial charge in [-0.1, -0.05) is 12.1 Å². The number of nitrogens with one attached hydrogen (secondary N) is 1. The summed E-state index contributed by atoms with van der Waals surface area (Å²) < 4.78 is 6.13. The highest BCUT2D eigenvalue weighted by Gasteiger charge is 2.39. The largest absolute Gasteiger partial charge is 0.374 e. The number of rotatable bonds is 8. The fourth-order valence-electron chi connectivity index (χ4n) is 4.19. The van der Waals surface area contributed by atoms with Gasteiger partial charge in [-0.25, -0.2) is 0 Å². The van der Waals surface area contributed by atoms with Gasteiger partial charge in [-0.2, -0.15) is 0 Å². The molecular weight excluding hydrogens is 310 g/mol. The van der Waals surface area contributed by atoms with E-state index in [0.29, 0.717) is 12.1 Å². The fourth-order valence-corrected chi connectivity index (χ4v) is 4.19. The molecule has 0 saturated carbocycles. The van der Waals surface area contributed by atoms with Crippen molar-refractivity contribution in [1.29, 1.82) is 0 Å². The van der Waals surface area contributed by atoms with Crippen LogP contribution in [0, 0.1) is 0 Å². The quantitative estimate of drug-likeness (QED) is 0.733. The number of allylic oxidation sites excluding steroid dienone is 1. The Morgan fingerprint density at radius 3 is 2.92 bits per heavy atom. The molecule has 3 rings (SSSR count). The van der Waals surface area contributed by atoms with Gasteiger partial charge in [0, 0.05) is 44.5 Å². The average Bonchev–Trinajstić information content (AvgIpc) is 3.08. The van der Waals surface area contributed by atoms with Gasteiger partial charge in [0.05, 0.1) is 11.3 Å². The lowest BCUT2D eigenvalue weighted by Gasteiger charge is -2.39. The molecule has 2 aliphatic rings. The normalized spacial score (nSPS) is 26.6. The fraction of sp³-hybridized carbons (Fsp3) is 0.667. The Kier molecular flexibility index (Phi) is 6.63. The molecule has 138 valence electrons. The third-order valence-corrected chi connectivity index (χ3v) is 5.78. The smallest absolute Gasteiger partial charge is 0.0807 e. The second-order valence-corrected chi connectivity index (χ2v) is 7.72. The van der Waals surface area contributed by atoms with Crippen LogP contribution in [0.25, 0.3) is 0 Å². The Balaban J connectivity index is 1.49. The van der Waals surface area contributed by atoms with Crippen LogP contribution in [0.5, 0.6) is 0 Å². The minimum Gasteiger partial charge on any atom is -0.374 e. The van der Waals surface area contributed by atoms with E-state index in [0.717, 1.165) is 39.1 Å². The Hall–Kier alpha value is -1.23. The summed E-state index contributed by atoms with van der Waals surface area (Å²) in [5.41, 5.74) is 1.17. The minimum absolute atomic E-state index is 0.00585. The maximum atomic E-state index is 6.13. The van der Waals surface area contributed by atoms with Crippen LogP contribution in [-0.4, -0.2) is 47.3 Å². The molecule has 0 aromatic carbocycles. The number of pyridine rings is 1. The standard InChI is InChI=1S/C21H33N3O/c1-3-4-9-20(21(2)12-7-16-25-21)23-18-10-14-24(15-11-18)17-19-8-5-6-13-22-19/h3,5-6,8,13,18,20,23H,1,4,7,9-12,14-17H2,2H3. The molecule has 3 heterocycles. The first-order valence-electron chi connectivity index (χ1n) is 9.83. The molecule has 0 aliphatic carbocycles. The molecular formula is C21H33N3O. The van der Waals surface area contributed by atoms with Crippen molar-refractivity contribution < 1.29 is 4.74 Å². The van der Waals surface area contributed by atoms with E-state index < -0.39 is 0 Å². The highest BCUT2D eigenvalue weighted by molar-refractivity contribution is 5.03. The van der Waals surface area contributed by atoms with Crippen LogP contribution < -0.4 is 5.32 Å². The molecule has 0 amide bonds. The zero-order valence-electron chi connectivity index (χ0n) is 15.6. The number of aromatic nitrogens is 1. The zero-order valence-corrected chi connectivity index (χ0v) is 15.6. The van der Waals surface area contributed by atoms with Gasteiger partial charge < -0.3 is 10.1 Å². The van der Waals surface area contributed by atoms with E-state index in [1.165, 1.54) is 31.4 Å². The van der Waals surface area contributed by atoms with Crippen LogP contribution in [-0.2, 0) is 11.3 Å². The molecule has 2 atom stereocenters. The van der Waals surface area contributed by atoms with Gasteiger partial charge in [-0.15, -0.1) is 6.58 Å². The van der Waals surface area contributed by atoms with Crippen molar-refractivity contribution in [1.82, 2.24) is 15.2 Å². The molecule has 2 aliphatic heterocycles. The van der Waals surface area contributed by atoms with Crippen LogP contribution in [0.1, 0.15) is 51.1 Å². The first-order valence-corrected chi connectivity index (χ1v) is 9.83. The molecule has 1 N–H and O–H groups in total. The molecule has 0 spiro atoms. The predicted molar refractivity (Wildman–Crippen MR) is 102 cm³/mol. The SMILES string of the molecule is C=CCCC(NC1CCN(Cc2ccccn2)CC1)C1(C)CCCO1. The Bertz CT molecular complexity index is 519. The van der Waals surface area contributed by atoms with Crippen LogP contribution in [0.15, 0.2) is 37.1 Å². The summed E-state index contributed by atoms with van der Waals surface area (Å²) in [6, 6.07) is 7.20. The third kappa shape index (κ3) is 5.13. The number of likely N-dealkylation sites (tertiary alicyclic amines) is 1. The Morgan fingerprint density at radius 1 is 1.44 bits per heavy atom. The molecule has 0 bridgehead atoms. The van der Waals surface area contributed by atoms with Gasteiger partial charge in [0.25, 0.3) is 0 Å². The van der Waals surface area contributed by atoms with Gasteiger partial charge >= 0.3 is 0 Å². The first kappa shape index (κ1) is 18.6. The van der Waals surface area contributed by atoms with Gasteiger partial charge in [-0.3, -0.25) is 9.88 Å². The number of ether oxygens (including phenoxy) is 1. The highest BCUT2D eigenvalue weighted by atomic mass is 16.5. The van der Waals surface area contributed by atoms with Crippen molar-refractivity contribution in [3.05, 3.63) is 42.7 Å². The Labute approximate surface area is 152 Å². The zero-order chi connectivity index (χ0) is 17.5. The second kappa shape index (κ2) is 8.93. The van der Waals surface area contributed by atoms with Gasteiger partial charge in [0.1, 0.15) is 0 Å². The van der Waals surface area contributed by atoms with E-state index >= 15 is 0 Å². The lowest BCUT2D eigenvalue weighted by Crippen LogP contribution is -2.54. The average molecular weight is 344 g/mol. The molecule has 4 nitrogen and oxygen atoms in total. The van der Waals surface area contributed by atoms with Crippen LogP contribution in [0.2, 0.25) is 0 Å². The monoisotopic (exact) mass is 343 g/mol. The first-order chi connectivity index (χ1) is 12.2. The molecule has 1 aromatic rings. The summed E-state index contributed by atoms with van der Waals surface area (Å²) in [7, 11) is 0. The number of hydrogen-bond acceptors (Lipinski definition) is 4. The van der Waals surface area contributed by atoms with Crippen LogP contribution in [0.3, 0.4) is 0 Å². The van der Waals surface area contributed by atoms with Crippen LogP contribution >= 0.6 is 0 Å². The van der Waals surface area contributed by atoms with Gasteiger partial charge in [0.2, 0.25) is 0 Å². The van der Waals surface area contributed by atoms with E-state index in [2.05, 4.69) is 40.8 Å². The molecule has 0 radical (unpaired) electrons. The van der Waals surface area contributed by atoms with Crippen molar-refractivity contribution >= 4 is 0 Å². The topological polar surface area (TPSA) is 37.4 Å². The van der Waals surface area contributed by atoms with E-state index in [1.807, 2.05) is 18.3 Å². The summed E-state index contributed by atoms with van der Waals surface area (Å²) in [5.74, 6) is 0. The molecule has 2 fully saturated rings. The molecule has 25 heavy (non-hydrogen) atoms. The van der Waals surface area contributed by atoms with Gasteiger partial charge in [-0.05, 0) is 57.6 Å². The van der Waals surface area contributed by atoms with Crippen molar-refractivity contribution in [3.63, 3.8) is 0 Å². The summed E-state index contributed by atoms with van der Waals surface area (Å²) in [6.45, 7) is 10.3. The van der Waals surface area contributed by atoms with E-state index in [-0.39, 0.29) is 5.60 Å². The van der Waals surface area contributed by atoms with Crippen molar-refractivity contribution in [2.45, 2.75) is 69.7 Å². The maximum absolute atomic E-state index is 6.13. The molecule has 4 heteroatoms. The van der Waals surface area contributed by atoms with E-state index in [9.17, 15) is 0 Å². The predicted octanol–water partition coefficient (Wildman–Crippen LogP) is 3.54. The van der Waals surface area contributed by atoms with E-state index in [4.69, 9.17) is 4.74 Å². The summed E-state index contributed by atoms with van der Waals surface area (Å²) in [6.07, 6.45) is 10.8. The maximum Gasteiger partial charge on any atom is 0.0807 e. The van der Waals surface area contributed by atoms with E-state index in [1.54, 1.807) is 0 Å². The molecule has 1 aromatic heterocycles. The molecule has 2 unspecified atom stereocenters. The van der Waals surface area contributed by atoms with Crippen molar-refractivity contribution in [2.24, 2.45) is 0 Å². The minimum atomic E-state index is -0.00585. The molecule has 2 saturated heterocycles. The summed E-state index contributed by atoms with van der Waals surface area (Å²) in [5, 5.41) is 3.94. The lowest BCUT2D eigenvalue weighted by atomic mass is 9.88. The third-order valence-electron chi connectivity index (χ3n) is 5.78. The number of nitrogens with zero attached hydrogens (tertiary/aromatic N) is 2.